The number of aromatic hydroxyl groups is 1. The summed E-state index contributed by atoms with van der Waals surface area (Å²) in [4.78, 5) is -0.133. The number of aromatic nitrogens is 2. The molecule has 18 heavy (non-hydrogen) atoms. The van der Waals surface area contributed by atoms with E-state index in [-0.39, 0.29) is 17.2 Å². The smallest absolute Gasteiger partial charge is 0.244 e. The Bertz CT molecular complexity index is 649. The summed E-state index contributed by atoms with van der Waals surface area (Å²) in [6, 6.07) is 5.80. The van der Waals surface area contributed by atoms with Gasteiger partial charge in [-0.1, -0.05) is 12.1 Å². The molecule has 0 radical (unpaired) electrons. The van der Waals surface area contributed by atoms with Crippen LogP contribution in [0.3, 0.4) is 0 Å². The molecule has 0 aliphatic rings. The highest BCUT2D eigenvalue weighted by atomic mass is 32.2. The SMILES string of the molecule is Cc1[nH]ncc1CNS(=O)(=O)c1ccccc1O. The van der Waals surface area contributed by atoms with Crippen molar-refractivity contribution in [1.82, 2.24) is 14.9 Å². The number of para-hydroxylation sites is 1. The minimum Gasteiger partial charge on any atom is -0.507 e. The molecule has 96 valence electrons. The van der Waals surface area contributed by atoms with E-state index in [1.165, 1.54) is 12.1 Å². The Morgan fingerprint density at radius 1 is 1.39 bits per heavy atom. The van der Waals surface area contributed by atoms with Crippen LogP contribution in [0.15, 0.2) is 35.4 Å². The summed E-state index contributed by atoms with van der Waals surface area (Å²) in [6.45, 7) is 1.93. The zero-order valence-corrected chi connectivity index (χ0v) is 10.5. The van der Waals surface area contributed by atoms with Crippen molar-refractivity contribution in [3.05, 3.63) is 41.7 Å². The number of phenols is 1. The van der Waals surface area contributed by atoms with Crippen LogP contribution in [0, 0.1) is 6.92 Å². The van der Waals surface area contributed by atoms with Gasteiger partial charge in [-0.2, -0.15) is 5.10 Å². The summed E-state index contributed by atoms with van der Waals surface area (Å²) in [5.41, 5.74) is 1.56. The van der Waals surface area contributed by atoms with Gasteiger partial charge in [0, 0.05) is 17.8 Å². The molecule has 3 N–H and O–H groups in total. The molecular formula is C11H13N3O3S. The Labute approximate surface area is 105 Å². The fraction of sp³-hybridized carbons (Fsp3) is 0.182. The van der Waals surface area contributed by atoms with Crippen LogP contribution < -0.4 is 4.72 Å². The Morgan fingerprint density at radius 2 is 2.11 bits per heavy atom. The molecule has 0 spiro atoms. The quantitative estimate of drug-likeness (QED) is 0.767. The third kappa shape index (κ3) is 2.52. The highest BCUT2D eigenvalue weighted by molar-refractivity contribution is 7.89. The predicted octanol–water partition coefficient (Wildman–Crippen LogP) is 0.902. The van der Waals surface area contributed by atoms with E-state index in [2.05, 4.69) is 14.9 Å². The summed E-state index contributed by atoms with van der Waals surface area (Å²) in [7, 11) is -3.73. The molecule has 0 unspecified atom stereocenters. The fourth-order valence-electron chi connectivity index (χ4n) is 1.49. The van der Waals surface area contributed by atoms with E-state index in [1.54, 1.807) is 25.3 Å². The van der Waals surface area contributed by atoms with E-state index < -0.39 is 10.0 Å². The molecule has 2 rings (SSSR count). The van der Waals surface area contributed by atoms with Crippen LogP contribution in [-0.2, 0) is 16.6 Å². The van der Waals surface area contributed by atoms with E-state index in [9.17, 15) is 13.5 Å². The number of phenolic OH excluding ortho intramolecular Hbond substituents is 1. The summed E-state index contributed by atoms with van der Waals surface area (Å²) >= 11 is 0. The van der Waals surface area contributed by atoms with Crippen molar-refractivity contribution in [2.45, 2.75) is 18.4 Å². The van der Waals surface area contributed by atoms with Crippen molar-refractivity contribution in [1.29, 1.82) is 0 Å². The lowest BCUT2D eigenvalue weighted by Crippen LogP contribution is -2.23. The zero-order chi connectivity index (χ0) is 13.2. The molecule has 1 aromatic carbocycles. The van der Waals surface area contributed by atoms with Crippen LogP contribution in [0.25, 0.3) is 0 Å². The number of hydrogen-bond donors (Lipinski definition) is 3. The average Bonchev–Trinajstić information content (AvgIpc) is 2.73. The average molecular weight is 267 g/mol. The Kier molecular flexibility index (Phi) is 3.35. The number of H-pyrrole nitrogens is 1. The highest BCUT2D eigenvalue weighted by Crippen LogP contribution is 2.21. The predicted molar refractivity (Wildman–Crippen MR) is 65.5 cm³/mol. The minimum atomic E-state index is -3.73. The first-order chi connectivity index (χ1) is 8.50. The Morgan fingerprint density at radius 3 is 2.72 bits per heavy atom. The topological polar surface area (TPSA) is 95.1 Å². The monoisotopic (exact) mass is 267 g/mol. The van der Waals surface area contributed by atoms with E-state index in [0.717, 1.165) is 11.3 Å². The van der Waals surface area contributed by atoms with E-state index in [4.69, 9.17) is 0 Å². The molecule has 6 nitrogen and oxygen atoms in total. The maximum atomic E-state index is 12.0. The molecular weight excluding hydrogens is 254 g/mol. The minimum absolute atomic E-state index is 0.124. The molecule has 0 amide bonds. The fourth-order valence-corrected chi connectivity index (χ4v) is 2.59. The first-order valence-electron chi connectivity index (χ1n) is 5.27. The summed E-state index contributed by atoms with van der Waals surface area (Å²) in [6.07, 6.45) is 1.56. The number of rotatable bonds is 4. The molecule has 0 saturated heterocycles. The van der Waals surface area contributed by atoms with Gasteiger partial charge >= 0.3 is 0 Å². The van der Waals surface area contributed by atoms with Gasteiger partial charge in [0.2, 0.25) is 10.0 Å². The summed E-state index contributed by atoms with van der Waals surface area (Å²) in [5, 5.41) is 16.0. The number of aryl methyl sites for hydroxylation is 1. The second kappa shape index (κ2) is 4.79. The maximum absolute atomic E-state index is 12.0. The lowest BCUT2D eigenvalue weighted by molar-refractivity contribution is 0.458. The van der Waals surface area contributed by atoms with Gasteiger partial charge < -0.3 is 5.11 Å². The summed E-state index contributed by atoms with van der Waals surface area (Å²) < 4.78 is 26.3. The van der Waals surface area contributed by atoms with Crippen molar-refractivity contribution in [3.8, 4) is 5.75 Å². The van der Waals surface area contributed by atoms with Crippen LogP contribution in [0.2, 0.25) is 0 Å². The van der Waals surface area contributed by atoms with Crippen molar-refractivity contribution in [3.63, 3.8) is 0 Å². The standard InChI is InChI=1S/C11H13N3O3S/c1-8-9(6-12-14-8)7-13-18(16,17)11-5-3-2-4-10(11)15/h2-6,13,15H,7H2,1H3,(H,12,14). The van der Waals surface area contributed by atoms with E-state index >= 15 is 0 Å². The van der Waals surface area contributed by atoms with Crippen LogP contribution in [0.1, 0.15) is 11.3 Å². The molecule has 0 fully saturated rings. The van der Waals surface area contributed by atoms with Gasteiger partial charge in [0.05, 0.1) is 6.20 Å². The number of nitrogens with zero attached hydrogens (tertiary/aromatic N) is 1. The van der Waals surface area contributed by atoms with E-state index in [1.807, 2.05) is 0 Å². The van der Waals surface area contributed by atoms with Gasteiger partial charge in [0.1, 0.15) is 10.6 Å². The van der Waals surface area contributed by atoms with Gasteiger partial charge in [-0.05, 0) is 19.1 Å². The lowest BCUT2D eigenvalue weighted by Gasteiger charge is -2.07. The number of hydrogen-bond acceptors (Lipinski definition) is 4. The molecule has 0 saturated carbocycles. The molecule has 2 aromatic rings. The third-order valence-corrected chi connectivity index (χ3v) is 3.99. The molecule has 0 aliphatic carbocycles. The van der Waals surface area contributed by atoms with Gasteiger partial charge in [-0.15, -0.1) is 0 Å². The number of aromatic amines is 1. The molecule has 0 atom stereocenters. The Balaban J connectivity index is 2.19. The second-order valence-corrected chi connectivity index (χ2v) is 5.55. The van der Waals surface area contributed by atoms with Crippen molar-refractivity contribution < 1.29 is 13.5 Å². The molecule has 0 bridgehead atoms. The van der Waals surface area contributed by atoms with Gasteiger partial charge in [-0.3, -0.25) is 5.10 Å². The number of sulfonamides is 1. The van der Waals surface area contributed by atoms with Crippen molar-refractivity contribution >= 4 is 10.0 Å². The van der Waals surface area contributed by atoms with Gasteiger partial charge in [0.25, 0.3) is 0 Å². The first kappa shape index (κ1) is 12.6. The van der Waals surface area contributed by atoms with Crippen LogP contribution in [0.5, 0.6) is 5.75 Å². The molecule has 0 aliphatic heterocycles. The second-order valence-electron chi connectivity index (χ2n) is 3.81. The maximum Gasteiger partial charge on any atom is 0.244 e. The number of nitrogens with one attached hydrogen (secondary N) is 2. The Hall–Kier alpha value is -1.86. The normalized spacial score (nSPS) is 11.6. The van der Waals surface area contributed by atoms with Crippen LogP contribution in [0.4, 0.5) is 0 Å². The highest BCUT2D eigenvalue weighted by Gasteiger charge is 2.18. The largest absolute Gasteiger partial charge is 0.507 e. The molecule has 7 heteroatoms. The van der Waals surface area contributed by atoms with Crippen molar-refractivity contribution in [2.24, 2.45) is 0 Å². The summed E-state index contributed by atoms with van der Waals surface area (Å²) in [5.74, 6) is -0.270. The van der Waals surface area contributed by atoms with Gasteiger partial charge in [-0.25, -0.2) is 13.1 Å². The van der Waals surface area contributed by atoms with Crippen LogP contribution in [-0.4, -0.2) is 23.7 Å². The zero-order valence-electron chi connectivity index (χ0n) is 9.71. The molecule has 1 heterocycles. The first-order valence-corrected chi connectivity index (χ1v) is 6.75. The molecule has 1 aromatic heterocycles. The third-order valence-electron chi connectivity index (χ3n) is 2.54. The van der Waals surface area contributed by atoms with Gasteiger partial charge in [0.15, 0.2) is 0 Å². The lowest BCUT2D eigenvalue weighted by atomic mass is 10.3. The number of benzene rings is 1. The van der Waals surface area contributed by atoms with Crippen molar-refractivity contribution in [2.75, 3.05) is 0 Å². The van der Waals surface area contributed by atoms with E-state index in [0.29, 0.717) is 0 Å². The van der Waals surface area contributed by atoms with Crippen LogP contribution >= 0.6 is 0 Å².